The van der Waals surface area contributed by atoms with Crippen LogP contribution in [0.2, 0.25) is 0 Å². The molecule has 2 amide bonds. The molecule has 1 fully saturated rings. The van der Waals surface area contributed by atoms with Crippen LogP contribution >= 0.6 is 0 Å². The molecule has 0 spiro atoms. The van der Waals surface area contributed by atoms with Crippen molar-refractivity contribution >= 4 is 11.8 Å². The fraction of sp³-hybridized carbons (Fsp3) is 0.364. The maximum atomic E-state index is 12.9. The van der Waals surface area contributed by atoms with Crippen LogP contribution in [0.25, 0.3) is 0 Å². The van der Waals surface area contributed by atoms with E-state index in [1.807, 2.05) is 0 Å². The van der Waals surface area contributed by atoms with E-state index in [0.29, 0.717) is 51.9 Å². The van der Waals surface area contributed by atoms with E-state index < -0.39 is 0 Å². The number of hydrogen-bond donors (Lipinski definition) is 0. The van der Waals surface area contributed by atoms with Gasteiger partial charge in [0.05, 0.1) is 0 Å². The van der Waals surface area contributed by atoms with Gasteiger partial charge in [0.2, 0.25) is 11.8 Å². The quantitative estimate of drug-likeness (QED) is 0.765. The largest absolute Gasteiger partial charge is 0.339 e. The van der Waals surface area contributed by atoms with Gasteiger partial charge in [0, 0.05) is 39.0 Å². The second kappa shape index (κ2) is 9.44. The lowest BCUT2D eigenvalue weighted by molar-refractivity contribution is -0.139. The number of amides is 2. The number of aryl methyl sites for hydroxylation is 2. The summed E-state index contributed by atoms with van der Waals surface area (Å²) in [5, 5.41) is 0. The van der Waals surface area contributed by atoms with Gasteiger partial charge in [-0.15, -0.1) is 0 Å². The minimum atomic E-state index is -0.282. The van der Waals surface area contributed by atoms with Gasteiger partial charge in [-0.2, -0.15) is 0 Å². The van der Waals surface area contributed by atoms with Crippen LogP contribution in [0.5, 0.6) is 0 Å². The van der Waals surface area contributed by atoms with Gasteiger partial charge in [-0.3, -0.25) is 9.59 Å². The Balaban J connectivity index is 1.39. The average molecular weight is 386 g/mol. The molecule has 1 aliphatic heterocycles. The molecule has 148 valence electrons. The monoisotopic (exact) mass is 386 g/mol. The Bertz CT molecular complexity index is 729. The molecule has 0 N–H and O–H groups in total. The van der Waals surface area contributed by atoms with Crippen molar-refractivity contribution in [1.82, 2.24) is 9.80 Å². The number of carbonyl (C=O) groups is 2. The van der Waals surface area contributed by atoms with E-state index in [2.05, 4.69) is 0 Å². The van der Waals surface area contributed by atoms with Crippen molar-refractivity contribution in [2.24, 2.45) is 0 Å². The van der Waals surface area contributed by atoms with Crippen LogP contribution in [0.15, 0.2) is 48.5 Å². The van der Waals surface area contributed by atoms with Crippen molar-refractivity contribution in [1.29, 1.82) is 0 Å². The maximum absolute atomic E-state index is 12.9. The van der Waals surface area contributed by atoms with Crippen molar-refractivity contribution in [2.45, 2.75) is 25.7 Å². The molecular weight excluding hydrogens is 362 g/mol. The van der Waals surface area contributed by atoms with Crippen LogP contribution in [0, 0.1) is 11.6 Å². The van der Waals surface area contributed by atoms with E-state index >= 15 is 0 Å². The predicted molar refractivity (Wildman–Crippen MR) is 103 cm³/mol. The van der Waals surface area contributed by atoms with Crippen LogP contribution in [0.3, 0.4) is 0 Å². The first kappa shape index (κ1) is 20.0. The number of halogens is 2. The molecule has 6 heteroatoms. The topological polar surface area (TPSA) is 40.6 Å². The highest BCUT2D eigenvalue weighted by Crippen LogP contribution is 2.11. The zero-order chi connectivity index (χ0) is 19.9. The normalized spacial score (nSPS) is 14.2. The summed E-state index contributed by atoms with van der Waals surface area (Å²) in [7, 11) is 0. The Kier molecular flexibility index (Phi) is 6.74. The summed E-state index contributed by atoms with van der Waals surface area (Å²) in [5.41, 5.74) is 1.87. The number of nitrogens with zero attached hydrogens (tertiary/aromatic N) is 2. The van der Waals surface area contributed by atoms with Gasteiger partial charge in [-0.25, -0.2) is 8.78 Å². The van der Waals surface area contributed by atoms with Gasteiger partial charge >= 0.3 is 0 Å². The lowest BCUT2D eigenvalue weighted by Gasteiger charge is -2.35. The molecule has 0 atom stereocenters. The van der Waals surface area contributed by atoms with Crippen molar-refractivity contribution in [2.75, 3.05) is 26.2 Å². The summed E-state index contributed by atoms with van der Waals surface area (Å²) in [6.07, 6.45) is 1.92. The molecule has 0 aliphatic carbocycles. The highest BCUT2D eigenvalue weighted by Gasteiger charge is 2.23. The molecule has 28 heavy (non-hydrogen) atoms. The third-order valence-electron chi connectivity index (χ3n) is 5.07. The van der Waals surface area contributed by atoms with E-state index in [1.165, 1.54) is 24.3 Å². The molecule has 2 aromatic carbocycles. The smallest absolute Gasteiger partial charge is 0.223 e. The Morgan fingerprint density at radius 2 is 0.964 bits per heavy atom. The third kappa shape index (κ3) is 5.62. The number of hydrogen-bond acceptors (Lipinski definition) is 2. The molecule has 0 unspecified atom stereocenters. The van der Waals surface area contributed by atoms with E-state index in [-0.39, 0.29) is 23.4 Å². The second-order valence-corrected chi connectivity index (χ2v) is 7.01. The molecule has 0 radical (unpaired) electrons. The first-order valence-electron chi connectivity index (χ1n) is 9.56. The molecular formula is C22H24F2N2O2. The average Bonchev–Trinajstić information content (AvgIpc) is 2.72. The van der Waals surface area contributed by atoms with Crippen molar-refractivity contribution in [3.05, 3.63) is 71.3 Å². The van der Waals surface area contributed by atoms with Gasteiger partial charge in [-0.05, 0) is 48.2 Å². The molecule has 4 nitrogen and oxygen atoms in total. The minimum Gasteiger partial charge on any atom is -0.339 e. The van der Waals surface area contributed by atoms with Crippen molar-refractivity contribution < 1.29 is 18.4 Å². The van der Waals surface area contributed by atoms with Gasteiger partial charge in [0.15, 0.2) is 0 Å². The molecule has 1 heterocycles. The van der Waals surface area contributed by atoms with E-state index in [0.717, 1.165) is 11.1 Å². The maximum Gasteiger partial charge on any atom is 0.223 e. The highest BCUT2D eigenvalue weighted by atomic mass is 19.1. The first-order valence-corrected chi connectivity index (χ1v) is 9.56. The third-order valence-corrected chi connectivity index (χ3v) is 5.07. The Labute approximate surface area is 163 Å². The molecule has 1 saturated heterocycles. The van der Waals surface area contributed by atoms with Gasteiger partial charge in [0.25, 0.3) is 0 Å². The van der Waals surface area contributed by atoms with Gasteiger partial charge in [-0.1, -0.05) is 24.3 Å². The number of piperazine rings is 1. The molecule has 0 aromatic heterocycles. The summed E-state index contributed by atoms with van der Waals surface area (Å²) >= 11 is 0. The van der Waals surface area contributed by atoms with Crippen LogP contribution in [0.1, 0.15) is 24.0 Å². The molecule has 3 rings (SSSR count). The second-order valence-electron chi connectivity index (χ2n) is 7.01. The zero-order valence-electron chi connectivity index (χ0n) is 15.7. The molecule has 2 aromatic rings. The SMILES string of the molecule is O=C(CCc1ccc(F)cc1)N1CCN(C(=O)CCc2ccc(F)cc2)CC1. The lowest BCUT2D eigenvalue weighted by Crippen LogP contribution is -2.50. The minimum absolute atomic E-state index is 0.0581. The molecule has 0 bridgehead atoms. The predicted octanol–water partition coefficient (Wildman–Crippen LogP) is 3.20. The number of carbonyl (C=O) groups excluding carboxylic acids is 2. The van der Waals surface area contributed by atoms with Gasteiger partial charge < -0.3 is 9.80 Å². The standard InChI is InChI=1S/C22H24F2N2O2/c23-19-7-1-17(2-8-19)5-11-21(27)25-13-15-26(16-14-25)22(28)12-6-18-3-9-20(24)10-4-18/h1-4,7-10H,5-6,11-16H2. The Morgan fingerprint density at radius 1 is 0.643 bits per heavy atom. The van der Waals surface area contributed by atoms with E-state index in [1.54, 1.807) is 34.1 Å². The highest BCUT2D eigenvalue weighted by molar-refractivity contribution is 5.78. The van der Waals surface area contributed by atoms with Crippen molar-refractivity contribution in [3.63, 3.8) is 0 Å². The van der Waals surface area contributed by atoms with Gasteiger partial charge in [0.1, 0.15) is 11.6 Å². The lowest BCUT2D eigenvalue weighted by atomic mass is 10.1. The number of benzene rings is 2. The van der Waals surface area contributed by atoms with Crippen LogP contribution < -0.4 is 0 Å². The number of rotatable bonds is 6. The zero-order valence-corrected chi connectivity index (χ0v) is 15.7. The molecule has 1 aliphatic rings. The first-order chi connectivity index (χ1) is 13.5. The summed E-state index contributed by atoms with van der Waals surface area (Å²) in [6.45, 7) is 2.13. The summed E-state index contributed by atoms with van der Waals surface area (Å²) in [6, 6.07) is 12.4. The van der Waals surface area contributed by atoms with Crippen LogP contribution in [0.4, 0.5) is 8.78 Å². The Morgan fingerprint density at radius 3 is 1.29 bits per heavy atom. The van der Waals surface area contributed by atoms with E-state index in [9.17, 15) is 18.4 Å². The Hall–Kier alpha value is -2.76. The summed E-state index contributed by atoms with van der Waals surface area (Å²) in [4.78, 5) is 28.3. The molecule has 0 saturated carbocycles. The van der Waals surface area contributed by atoms with Crippen molar-refractivity contribution in [3.8, 4) is 0 Å². The van der Waals surface area contributed by atoms with Crippen LogP contribution in [-0.2, 0) is 22.4 Å². The van der Waals surface area contributed by atoms with Crippen LogP contribution in [-0.4, -0.2) is 47.8 Å². The fourth-order valence-corrected chi connectivity index (χ4v) is 3.33. The summed E-state index contributed by atoms with van der Waals surface area (Å²) in [5.74, 6) is -0.448. The summed E-state index contributed by atoms with van der Waals surface area (Å²) < 4.78 is 25.8. The fourth-order valence-electron chi connectivity index (χ4n) is 3.33. The van der Waals surface area contributed by atoms with E-state index in [4.69, 9.17) is 0 Å².